The van der Waals surface area contributed by atoms with Crippen LogP contribution in [0.25, 0.3) is 0 Å². The van der Waals surface area contributed by atoms with E-state index < -0.39 is 0 Å². The highest BCUT2D eigenvalue weighted by molar-refractivity contribution is 6.21. The zero-order valence-electron chi connectivity index (χ0n) is 18.5. The molecule has 3 aromatic carbocycles. The van der Waals surface area contributed by atoms with Gasteiger partial charge in [-0.15, -0.1) is 0 Å². The lowest BCUT2D eigenvalue weighted by Crippen LogP contribution is -2.34. The summed E-state index contributed by atoms with van der Waals surface area (Å²) in [5, 5.41) is 5.50. The fraction of sp³-hybridized carbons (Fsp3) is 0.154. The van der Waals surface area contributed by atoms with Gasteiger partial charge in [-0.1, -0.05) is 24.3 Å². The molecule has 0 unspecified atom stereocenters. The molecule has 0 aromatic heterocycles. The molecule has 4 rings (SSSR count). The van der Waals surface area contributed by atoms with Gasteiger partial charge in [0.2, 0.25) is 0 Å². The van der Waals surface area contributed by atoms with Crippen LogP contribution in [-0.4, -0.2) is 48.7 Å². The Hall–Kier alpha value is -4.46. The molecule has 0 aliphatic carbocycles. The van der Waals surface area contributed by atoms with Gasteiger partial charge in [-0.05, 0) is 54.1 Å². The van der Waals surface area contributed by atoms with E-state index in [4.69, 9.17) is 4.74 Å². The van der Waals surface area contributed by atoms with Crippen molar-refractivity contribution in [2.45, 2.75) is 6.54 Å². The Labute approximate surface area is 196 Å². The number of hydrogen-bond acceptors (Lipinski definition) is 5. The Morgan fingerprint density at radius 1 is 0.735 bits per heavy atom. The number of hydrogen-bond donors (Lipinski definition) is 2. The number of amides is 4. The lowest BCUT2D eigenvalue weighted by atomic mass is 10.1. The molecular weight excluding hydrogens is 434 g/mol. The van der Waals surface area contributed by atoms with E-state index in [1.54, 1.807) is 79.9 Å². The average molecular weight is 457 g/mol. The van der Waals surface area contributed by atoms with E-state index in [1.165, 1.54) is 4.90 Å². The van der Waals surface area contributed by atoms with Crippen molar-refractivity contribution in [3.8, 4) is 5.75 Å². The summed E-state index contributed by atoms with van der Waals surface area (Å²) in [7, 11) is 1.56. The first-order valence-electron chi connectivity index (χ1n) is 10.7. The third kappa shape index (κ3) is 4.80. The van der Waals surface area contributed by atoms with Gasteiger partial charge in [0.25, 0.3) is 23.6 Å². The van der Waals surface area contributed by atoms with Gasteiger partial charge in [0, 0.05) is 24.2 Å². The van der Waals surface area contributed by atoms with Gasteiger partial charge < -0.3 is 15.4 Å². The molecule has 3 aromatic rings. The first-order valence-corrected chi connectivity index (χ1v) is 10.7. The van der Waals surface area contributed by atoms with Crippen LogP contribution in [0.4, 0.5) is 0 Å². The van der Waals surface area contributed by atoms with Crippen LogP contribution < -0.4 is 15.4 Å². The number of benzene rings is 3. The zero-order chi connectivity index (χ0) is 24.1. The molecule has 0 spiro atoms. The second kappa shape index (κ2) is 9.99. The fourth-order valence-corrected chi connectivity index (χ4v) is 3.63. The highest BCUT2D eigenvalue weighted by atomic mass is 16.5. The van der Waals surface area contributed by atoms with Crippen LogP contribution in [0.2, 0.25) is 0 Å². The maximum absolute atomic E-state index is 12.5. The Morgan fingerprint density at radius 2 is 1.21 bits per heavy atom. The smallest absolute Gasteiger partial charge is 0.261 e. The van der Waals surface area contributed by atoms with E-state index in [-0.39, 0.29) is 43.3 Å². The van der Waals surface area contributed by atoms with Gasteiger partial charge in [-0.3, -0.25) is 24.1 Å². The third-order valence-corrected chi connectivity index (χ3v) is 5.48. The molecule has 8 heteroatoms. The molecule has 172 valence electrons. The predicted molar refractivity (Wildman–Crippen MR) is 125 cm³/mol. The number of nitrogens with one attached hydrogen (secondary N) is 2. The Balaban J connectivity index is 1.25. The third-order valence-electron chi connectivity index (χ3n) is 5.48. The maximum Gasteiger partial charge on any atom is 0.261 e. The van der Waals surface area contributed by atoms with Gasteiger partial charge in [0.15, 0.2) is 0 Å². The normalized spacial score (nSPS) is 12.3. The van der Waals surface area contributed by atoms with E-state index in [1.807, 2.05) is 0 Å². The monoisotopic (exact) mass is 457 g/mol. The summed E-state index contributed by atoms with van der Waals surface area (Å²) >= 11 is 0. The van der Waals surface area contributed by atoms with Gasteiger partial charge in [0.1, 0.15) is 5.75 Å². The topological polar surface area (TPSA) is 105 Å². The summed E-state index contributed by atoms with van der Waals surface area (Å²) in [5.41, 5.74) is 2.48. The zero-order valence-corrected chi connectivity index (χ0v) is 18.5. The van der Waals surface area contributed by atoms with Gasteiger partial charge in [-0.25, -0.2) is 0 Å². The van der Waals surface area contributed by atoms with Crippen molar-refractivity contribution in [1.29, 1.82) is 0 Å². The highest BCUT2D eigenvalue weighted by Crippen LogP contribution is 2.24. The number of fused-ring (bicyclic) bond motifs is 1. The summed E-state index contributed by atoms with van der Waals surface area (Å²) < 4.78 is 5.07. The van der Waals surface area contributed by atoms with Crippen molar-refractivity contribution in [2.75, 3.05) is 20.2 Å². The highest BCUT2D eigenvalue weighted by Gasteiger charge is 2.34. The summed E-state index contributed by atoms with van der Waals surface area (Å²) in [5.74, 6) is -0.503. The van der Waals surface area contributed by atoms with Crippen LogP contribution in [0.15, 0.2) is 72.8 Å². The molecule has 1 aliphatic heterocycles. The van der Waals surface area contributed by atoms with E-state index in [0.717, 1.165) is 5.56 Å². The fourth-order valence-electron chi connectivity index (χ4n) is 3.63. The van der Waals surface area contributed by atoms with Crippen molar-refractivity contribution < 1.29 is 23.9 Å². The average Bonchev–Trinajstić information content (AvgIpc) is 3.11. The van der Waals surface area contributed by atoms with Crippen LogP contribution >= 0.6 is 0 Å². The molecule has 0 radical (unpaired) electrons. The van der Waals surface area contributed by atoms with Gasteiger partial charge >= 0.3 is 0 Å². The first kappa shape index (κ1) is 22.7. The maximum atomic E-state index is 12.5. The Kier molecular flexibility index (Phi) is 6.68. The van der Waals surface area contributed by atoms with Crippen molar-refractivity contribution in [1.82, 2.24) is 15.5 Å². The molecule has 8 nitrogen and oxygen atoms in total. The van der Waals surface area contributed by atoms with Crippen LogP contribution in [0.5, 0.6) is 5.75 Å². The molecule has 2 N–H and O–H groups in total. The minimum Gasteiger partial charge on any atom is -0.497 e. The summed E-state index contributed by atoms with van der Waals surface area (Å²) in [6, 6.07) is 20.2. The van der Waals surface area contributed by atoms with Gasteiger partial charge in [0.05, 0.1) is 24.8 Å². The van der Waals surface area contributed by atoms with Crippen molar-refractivity contribution >= 4 is 23.6 Å². The standard InChI is InChI=1S/C26H23N3O5/c1-34-20-12-10-19(11-13-20)24(31)28-15-14-27-23(30)18-8-6-17(7-9-18)16-29-25(32)21-4-2-3-5-22(21)26(29)33/h2-13H,14-16H2,1H3,(H,27,30)(H,28,31). The largest absolute Gasteiger partial charge is 0.497 e. The minimum atomic E-state index is -0.320. The molecule has 0 fully saturated rings. The second-order valence-corrected chi connectivity index (χ2v) is 7.68. The second-order valence-electron chi connectivity index (χ2n) is 7.68. The minimum absolute atomic E-state index is 0.131. The molecule has 0 atom stereocenters. The summed E-state index contributed by atoms with van der Waals surface area (Å²) in [4.78, 5) is 50.7. The Morgan fingerprint density at radius 3 is 1.68 bits per heavy atom. The van der Waals surface area contributed by atoms with E-state index in [2.05, 4.69) is 10.6 Å². The number of methoxy groups -OCH3 is 1. The van der Waals surface area contributed by atoms with Crippen molar-refractivity contribution in [3.63, 3.8) is 0 Å². The molecule has 4 amide bonds. The lowest BCUT2D eigenvalue weighted by Gasteiger charge is -2.14. The molecule has 34 heavy (non-hydrogen) atoms. The number of imide groups is 1. The molecule has 1 heterocycles. The van der Waals surface area contributed by atoms with E-state index in [0.29, 0.717) is 28.0 Å². The summed E-state index contributed by atoms with van der Waals surface area (Å²) in [6.45, 7) is 0.664. The number of carbonyl (C=O) groups is 4. The van der Waals surface area contributed by atoms with Crippen LogP contribution in [-0.2, 0) is 6.54 Å². The summed E-state index contributed by atoms with van der Waals surface area (Å²) in [6.07, 6.45) is 0. The quantitative estimate of drug-likeness (QED) is 0.400. The molecule has 0 saturated carbocycles. The first-order chi connectivity index (χ1) is 16.5. The van der Waals surface area contributed by atoms with Crippen LogP contribution in [0.3, 0.4) is 0 Å². The SMILES string of the molecule is COc1ccc(C(=O)NCCNC(=O)c2ccc(CN3C(=O)c4ccccc4C3=O)cc2)cc1. The number of carbonyl (C=O) groups excluding carboxylic acids is 4. The Bertz CT molecular complexity index is 1200. The molecule has 0 bridgehead atoms. The van der Waals surface area contributed by atoms with Crippen molar-refractivity contribution in [3.05, 3.63) is 101 Å². The van der Waals surface area contributed by atoms with Gasteiger partial charge in [-0.2, -0.15) is 0 Å². The lowest BCUT2D eigenvalue weighted by molar-refractivity contribution is 0.0641. The molecular formula is C26H23N3O5. The molecule has 0 saturated heterocycles. The molecule has 1 aliphatic rings. The van der Waals surface area contributed by atoms with Crippen molar-refractivity contribution in [2.24, 2.45) is 0 Å². The van der Waals surface area contributed by atoms with Crippen LogP contribution in [0.1, 0.15) is 47.0 Å². The predicted octanol–water partition coefficient (Wildman–Crippen LogP) is 2.65. The van der Waals surface area contributed by atoms with Crippen LogP contribution in [0, 0.1) is 0 Å². The van der Waals surface area contributed by atoms with E-state index in [9.17, 15) is 19.2 Å². The van der Waals surface area contributed by atoms with E-state index >= 15 is 0 Å². The number of nitrogens with zero attached hydrogens (tertiary/aromatic N) is 1. The number of ether oxygens (including phenoxy) is 1. The number of rotatable bonds is 8.